The van der Waals surface area contributed by atoms with Crippen LogP contribution in [-0.4, -0.2) is 47.9 Å². The first kappa shape index (κ1) is 25.0. The van der Waals surface area contributed by atoms with Gasteiger partial charge in [-0.25, -0.2) is 0 Å². The molecule has 0 bridgehead atoms. The third-order valence-electron chi connectivity index (χ3n) is 8.22. The van der Waals surface area contributed by atoms with Gasteiger partial charge in [-0.2, -0.15) is 8.42 Å². The van der Waals surface area contributed by atoms with Crippen molar-refractivity contribution >= 4 is 26.6 Å². The molecule has 4 aromatic rings. The number of ether oxygens (including phenoxy) is 3. The molecule has 7 rings (SSSR count). The van der Waals surface area contributed by atoms with E-state index in [1.165, 1.54) is 18.2 Å². The summed E-state index contributed by atoms with van der Waals surface area (Å²) >= 11 is 0. The molecule has 0 saturated carbocycles. The Hall–Kier alpha value is -3.95. The number of nitrogens with zero attached hydrogens (tertiary/aromatic N) is 2. The Balaban J connectivity index is 1.28. The van der Waals surface area contributed by atoms with E-state index in [-0.39, 0.29) is 23.5 Å². The van der Waals surface area contributed by atoms with Crippen molar-refractivity contribution in [3.05, 3.63) is 82.9 Å². The summed E-state index contributed by atoms with van der Waals surface area (Å²) in [7, 11) is 1.23. The Morgan fingerprint density at radius 3 is 2.52 bits per heavy atom. The summed E-state index contributed by atoms with van der Waals surface area (Å²) in [5.74, 6) is 2.25. The Bertz CT molecular complexity index is 1770. The van der Waals surface area contributed by atoms with Gasteiger partial charge in [0.15, 0.2) is 23.0 Å². The molecule has 206 valence electrons. The molecule has 3 aliphatic rings. The molecule has 3 heterocycles. The minimum atomic E-state index is -4.18. The maximum absolute atomic E-state index is 13.9. The van der Waals surface area contributed by atoms with Gasteiger partial charge in [-0.05, 0) is 59.9 Å². The average molecular weight is 559 g/mol. The van der Waals surface area contributed by atoms with Crippen LogP contribution in [0.5, 0.6) is 23.0 Å². The number of methoxy groups -OCH3 is 1. The molecule has 1 unspecified atom stereocenters. The Morgan fingerprint density at radius 2 is 1.73 bits per heavy atom. The van der Waals surface area contributed by atoms with Crippen molar-refractivity contribution in [3.63, 3.8) is 0 Å². The van der Waals surface area contributed by atoms with Gasteiger partial charge in [-0.15, -0.1) is 0 Å². The summed E-state index contributed by atoms with van der Waals surface area (Å²) in [6, 6.07) is 19.1. The highest BCUT2D eigenvalue weighted by Crippen LogP contribution is 2.47. The number of hydrogen-bond donors (Lipinski definition) is 0. The maximum Gasteiger partial charge on any atom is 0.339 e. The second kappa shape index (κ2) is 9.31. The minimum Gasteiger partial charge on any atom is -0.493 e. The first-order chi connectivity index (χ1) is 19.3. The van der Waals surface area contributed by atoms with Crippen LogP contribution in [0.2, 0.25) is 0 Å². The molecule has 8 nitrogen and oxygen atoms in total. The number of benzene rings is 4. The van der Waals surface area contributed by atoms with Crippen LogP contribution in [0.1, 0.15) is 28.3 Å². The topological polar surface area (TPSA) is 77.5 Å². The van der Waals surface area contributed by atoms with Crippen LogP contribution in [0, 0.1) is 0 Å². The molecule has 0 N–H and O–H groups in total. The molecular formula is C31H30N2O6S. The predicted molar refractivity (Wildman–Crippen MR) is 152 cm³/mol. The molecule has 0 aromatic heterocycles. The standard InChI is InChI=1S/C31H30N2O6S/c1-32(2)25-8-4-7-22-21(25)6-5-9-30(22)40(34,35)39-31-24-17-33-13-12-20-15-28-29(38-18-37-28)16-23(20)26(33)14-19(24)10-11-27(31)36-3/h4-11,15-16,26H,12-14,17-18H2,1-3H3. The summed E-state index contributed by atoms with van der Waals surface area (Å²) in [4.78, 5) is 4.48. The summed E-state index contributed by atoms with van der Waals surface area (Å²) in [5.41, 5.74) is 5.33. The van der Waals surface area contributed by atoms with Gasteiger partial charge in [-0.1, -0.05) is 30.3 Å². The molecule has 0 radical (unpaired) electrons. The van der Waals surface area contributed by atoms with Gasteiger partial charge in [0.25, 0.3) is 0 Å². The molecule has 1 atom stereocenters. The Kier molecular flexibility index (Phi) is 5.83. The van der Waals surface area contributed by atoms with Crippen LogP contribution in [0.3, 0.4) is 0 Å². The molecule has 9 heteroatoms. The van der Waals surface area contributed by atoms with Gasteiger partial charge in [-0.3, -0.25) is 4.90 Å². The van der Waals surface area contributed by atoms with E-state index in [1.807, 2.05) is 49.3 Å². The Labute approximate surface area is 233 Å². The molecule has 0 amide bonds. The van der Waals surface area contributed by atoms with Gasteiger partial charge in [0.2, 0.25) is 6.79 Å². The lowest BCUT2D eigenvalue weighted by Crippen LogP contribution is -2.39. The molecular weight excluding hydrogens is 528 g/mol. The highest BCUT2D eigenvalue weighted by molar-refractivity contribution is 7.87. The highest BCUT2D eigenvalue weighted by atomic mass is 32.2. The van der Waals surface area contributed by atoms with E-state index in [1.54, 1.807) is 18.2 Å². The molecule has 4 aromatic carbocycles. The fraction of sp³-hybridized carbons (Fsp3) is 0.290. The van der Waals surface area contributed by atoms with E-state index < -0.39 is 10.1 Å². The van der Waals surface area contributed by atoms with Crippen molar-refractivity contribution in [2.24, 2.45) is 0 Å². The largest absolute Gasteiger partial charge is 0.493 e. The van der Waals surface area contributed by atoms with Crippen molar-refractivity contribution in [2.45, 2.75) is 30.3 Å². The van der Waals surface area contributed by atoms with Gasteiger partial charge in [0.1, 0.15) is 4.90 Å². The third kappa shape index (κ3) is 3.95. The first-order valence-electron chi connectivity index (χ1n) is 13.3. The van der Waals surface area contributed by atoms with Gasteiger partial charge in [0.05, 0.1) is 7.11 Å². The van der Waals surface area contributed by atoms with Crippen LogP contribution >= 0.6 is 0 Å². The fourth-order valence-electron chi connectivity index (χ4n) is 6.27. The number of fused-ring (bicyclic) bond motifs is 6. The van der Waals surface area contributed by atoms with E-state index in [4.69, 9.17) is 18.4 Å². The second-order valence-electron chi connectivity index (χ2n) is 10.6. The third-order valence-corrected chi connectivity index (χ3v) is 9.50. The lowest BCUT2D eigenvalue weighted by Gasteiger charge is -2.42. The van der Waals surface area contributed by atoms with Crippen molar-refractivity contribution in [3.8, 4) is 23.0 Å². The quantitative estimate of drug-likeness (QED) is 0.315. The molecule has 0 aliphatic carbocycles. The molecule has 0 fully saturated rings. The first-order valence-corrected chi connectivity index (χ1v) is 14.7. The van der Waals surface area contributed by atoms with E-state index in [0.29, 0.717) is 17.7 Å². The second-order valence-corrected chi connectivity index (χ2v) is 12.2. The Morgan fingerprint density at radius 1 is 0.950 bits per heavy atom. The number of rotatable bonds is 5. The van der Waals surface area contributed by atoms with Crippen LogP contribution in [0.25, 0.3) is 10.8 Å². The highest BCUT2D eigenvalue weighted by Gasteiger charge is 2.36. The molecule has 3 aliphatic heterocycles. The number of anilines is 1. The lowest BCUT2D eigenvalue weighted by atomic mass is 9.83. The summed E-state index contributed by atoms with van der Waals surface area (Å²) < 4.78 is 50.6. The van der Waals surface area contributed by atoms with Gasteiger partial charge >= 0.3 is 10.1 Å². The van der Waals surface area contributed by atoms with Crippen molar-refractivity contribution in [1.82, 2.24) is 4.90 Å². The van der Waals surface area contributed by atoms with Crippen molar-refractivity contribution < 1.29 is 26.8 Å². The predicted octanol–water partition coefficient (Wildman–Crippen LogP) is 5.07. The minimum absolute atomic E-state index is 0.130. The summed E-state index contributed by atoms with van der Waals surface area (Å²) in [6.07, 6.45) is 1.60. The molecule has 0 spiro atoms. The van der Waals surface area contributed by atoms with E-state index in [2.05, 4.69) is 17.0 Å². The van der Waals surface area contributed by atoms with Crippen LogP contribution in [0.15, 0.2) is 65.6 Å². The van der Waals surface area contributed by atoms with E-state index in [0.717, 1.165) is 53.1 Å². The molecule has 40 heavy (non-hydrogen) atoms. The normalized spacial score (nSPS) is 17.6. The van der Waals surface area contributed by atoms with Crippen LogP contribution in [0.4, 0.5) is 5.69 Å². The van der Waals surface area contributed by atoms with E-state index >= 15 is 0 Å². The summed E-state index contributed by atoms with van der Waals surface area (Å²) in [5, 5.41) is 1.46. The monoisotopic (exact) mass is 558 g/mol. The van der Waals surface area contributed by atoms with Crippen molar-refractivity contribution in [1.29, 1.82) is 0 Å². The van der Waals surface area contributed by atoms with Crippen LogP contribution in [-0.2, 0) is 29.5 Å². The average Bonchev–Trinajstić information content (AvgIpc) is 3.42. The van der Waals surface area contributed by atoms with E-state index in [9.17, 15) is 8.42 Å². The lowest BCUT2D eigenvalue weighted by molar-refractivity contribution is 0.159. The zero-order valence-corrected chi connectivity index (χ0v) is 23.5. The van der Waals surface area contributed by atoms with Crippen molar-refractivity contribution in [2.75, 3.05) is 39.4 Å². The SMILES string of the molecule is COc1ccc2c(c1OS(=O)(=O)c1cccc3c(N(C)C)cccc13)CN1CCc3cc4c(cc3C1C2)OCO4. The van der Waals surface area contributed by atoms with Gasteiger partial charge < -0.3 is 23.3 Å². The maximum atomic E-state index is 13.9. The summed E-state index contributed by atoms with van der Waals surface area (Å²) in [6.45, 7) is 1.64. The fourth-order valence-corrected chi connectivity index (χ4v) is 7.46. The van der Waals surface area contributed by atoms with Gasteiger partial charge in [0, 0.05) is 55.2 Å². The smallest absolute Gasteiger partial charge is 0.339 e. The zero-order chi connectivity index (χ0) is 27.6. The zero-order valence-electron chi connectivity index (χ0n) is 22.6. The number of hydrogen-bond acceptors (Lipinski definition) is 8. The molecule has 0 saturated heterocycles. The van der Waals surface area contributed by atoms with Crippen LogP contribution < -0.4 is 23.3 Å².